The molecular formula is C25H21N9O2. The Kier molecular flexibility index (Phi) is 6.75. The summed E-state index contributed by atoms with van der Waals surface area (Å²) in [6.45, 7) is 0.323. The fraction of sp³-hybridized carbons (Fsp3) is 0.240. The molecule has 0 saturated carbocycles. The van der Waals surface area contributed by atoms with Crippen molar-refractivity contribution in [3.05, 3.63) is 122 Å². The summed E-state index contributed by atoms with van der Waals surface area (Å²) < 4.78 is 12.4. The molecule has 178 valence electrons. The van der Waals surface area contributed by atoms with Gasteiger partial charge in [0, 0.05) is 9.82 Å². The van der Waals surface area contributed by atoms with Crippen molar-refractivity contribution in [3.8, 4) is 0 Å². The number of azide groups is 2. The maximum Gasteiger partial charge on any atom is 0.236 e. The second-order valence-electron chi connectivity index (χ2n) is 8.14. The average Bonchev–Trinajstić information content (AvgIpc) is 3.57. The molecule has 3 aromatic rings. The van der Waals surface area contributed by atoms with Crippen LogP contribution in [0.5, 0.6) is 0 Å². The van der Waals surface area contributed by atoms with E-state index in [1.807, 2.05) is 66.7 Å². The van der Waals surface area contributed by atoms with E-state index in [1.54, 1.807) is 12.1 Å². The van der Waals surface area contributed by atoms with Crippen LogP contribution in [-0.2, 0) is 9.47 Å². The third-order valence-electron chi connectivity index (χ3n) is 5.85. The minimum Gasteiger partial charge on any atom is -0.466 e. The number of ether oxygens (including phenoxy) is 2. The van der Waals surface area contributed by atoms with Gasteiger partial charge in [-0.2, -0.15) is 0 Å². The Labute approximate surface area is 206 Å². The second kappa shape index (κ2) is 10.6. The van der Waals surface area contributed by atoms with Gasteiger partial charge in [-0.15, -0.1) is 0 Å². The minimum absolute atomic E-state index is 0.162. The summed E-state index contributed by atoms with van der Waals surface area (Å²) in [7, 11) is 0. The topological polar surface area (TPSA) is 154 Å². The van der Waals surface area contributed by atoms with Gasteiger partial charge in [-0.05, 0) is 34.3 Å². The summed E-state index contributed by atoms with van der Waals surface area (Å²) in [5.74, 6) is 0.709. The molecule has 0 radical (unpaired) electrons. The highest BCUT2D eigenvalue weighted by atomic mass is 16.5. The number of nitrogens with zero attached hydrogens (tertiary/aromatic N) is 9. The Balaban J connectivity index is 1.42. The molecule has 0 spiro atoms. The van der Waals surface area contributed by atoms with E-state index < -0.39 is 12.2 Å². The summed E-state index contributed by atoms with van der Waals surface area (Å²) in [5.41, 5.74) is 20.5. The van der Waals surface area contributed by atoms with Crippen molar-refractivity contribution < 1.29 is 9.47 Å². The van der Waals surface area contributed by atoms with Gasteiger partial charge >= 0.3 is 0 Å². The third kappa shape index (κ3) is 4.83. The number of hydrogen-bond acceptors (Lipinski definition) is 7. The van der Waals surface area contributed by atoms with E-state index in [-0.39, 0.29) is 25.2 Å². The summed E-state index contributed by atoms with van der Waals surface area (Å²) >= 11 is 0. The molecule has 0 fully saturated rings. The first kappa shape index (κ1) is 22.9. The van der Waals surface area contributed by atoms with Crippen LogP contribution in [0.3, 0.4) is 0 Å². The van der Waals surface area contributed by atoms with Gasteiger partial charge < -0.3 is 9.47 Å². The van der Waals surface area contributed by atoms with E-state index in [0.29, 0.717) is 23.2 Å². The zero-order valence-corrected chi connectivity index (χ0v) is 19.1. The second-order valence-corrected chi connectivity index (χ2v) is 8.14. The lowest BCUT2D eigenvalue weighted by Crippen LogP contribution is -2.17. The fourth-order valence-corrected chi connectivity index (χ4v) is 4.20. The first-order valence-corrected chi connectivity index (χ1v) is 11.3. The van der Waals surface area contributed by atoms with Gasteiger partial charge in [0.25, 0.3) is 0 Å². The van der Waals surface area contributed by atoms with Crippen LogP contribution in [0.25, 0.3) is 20.9 Å². The highest BCUT2D eigenvalue weighted by Gasteiger charge is 2.35. The van der Waals surface area contributed by atoms with Crippen molar-refractivity contribution in [1.29, 1.82) is 0 Å². The van der Waals surface area contributed by atoms with Gasteiger partial charge in [0.15, 0.2) is 0 Å². The standard InChI is InChI=1S/C25H21N9O2/c26-33-28-14-20-22(16-8-3-1-4-9-16)35-24(31-20)18-12-7-13-19(30-18)25-32-21(15-29-34-27)23(36-25)17-10-5-2-6-11-17/h1-13,20-23H,14-15H2/t20-,21-,22-,23-/m0/s1. The zero-order chi connectivity index (χ0) is 24.7. The molecule has 0 bridgehead atoms. The molecule has 2 aromatic carbocycles. The van der Waals surface area contributed by atoms with E-state index in [0.717, 1.165) is 11.1 Å². The van der Waals surface area contributed by atoms with E-state index in [4.69, 9.17) is 25.5 Å². The molecule has 36 heavy (non-hydrogen) atoms. The molecular weight excluding hydrogens is 458 g/mol. The predicted octanol–water partition coefficient (Wildman–Crippen LogP) is 5.48. The Morgan fingerprint density at radius 3 is 1.50 bits per heavy atom. The normalized spacial score (nSPS) is 22.3. The number of aliphatic imine (C=N–C) groups is 2. The molecule has 11 nitrogen and oxygen atoms in total. The molecule has 0 amide bonds. The van der Waals surface area contributed by atoms with E-state index in [1.165, 1.54) is 0 Å². The van der Waals surface area contributed by atoms with Gasteiger partial charge in [-0.1, -0.05) is 77.0 Å². The number of rotatable bonds is 8. The van der Waals surface area contributed by atoms with Gasteiger partial charge in [-0.3, -0.25) is 0 Å². The van der Waals surface area contributed by atoms with E-state index in [2.05, 4.69) is 30.0 Å². The molecule has 2 aliphatic heterocycles. The number of benzene rings is 2. The summed E-state index contributed by atoms with van der Waals surface area (Å²) in [6.07, 6.45) is -0.791. The van der Waals surface area contributed by atoms with Crippen molar-refractivity contribution >= 4 is 11.8 Å². The molecule has 11 heteroatoms. The lowest BCUT2D eigenvalue weighted by Gasteiger charge is -2.17. The van der Waals surface area contributed by atoms with Crippen LogP contribution < -0.4 is 0 Å². The van der Waals surface area contributed by atoms with Crippen LogP contribution in [0.1, 0.15) is 34.7 Å². The largest absolute Gasteiger partial charge is 0.466 e. The van der Waals surface area contributed by atoms with Crippen LogP contribution in [0.4, 0.5) is 0 Å². The van der Waals surface area contributed by atoms with Crippen molar-refractivity contribution in [2.45, 2.75) is 24.3 Å². The average molecular weight is 480 g/mol. The lowest BCUT2D eigenvalue weighted by molar-refractivity contribution is 0.197. The molecule has 0 N–H and O–H groups in total. The quantitative estimate of drug-likeness (QED) is 0.239. The Morgan fingerprint density at radius 1 is 0.639 bits per heavy atom. The highest BCUT2D eigenvalue weighted by molar-refractivity contribution is 5.97. The van der Waals surface area contributed by atoms with Gasteiger partial charge in [-0.25, -0.2) is 15.0 Å². The fourth-order valence-electron chi connectivity index (χ4n) is 4.20. The maximum atomic E-state index is 8.81. The van der Waals surface area contributed by atoms with Crippen LogP contribution in [0, 0.1) is 0 Å². The predicted molar refractivity (Wildman–Crippen MR) is 133 cm³/mol. The Morgan fingerprint density at radius 2 is 1.08 bits per heavy atom. The molecule has 4 atom stereocenters. The van der Waals surface area contributed by atoms with Crippen LogP contribution in [0.15, 0.2) is 99.1 Å². The number of aromatic nitrogens is 1. The molecule has 1 aromatic heterocycles. The molecule has 5 rings (SSSR count). The van der Waals surface area contributed by atoms with Crippen molar-refractivity contribution in [3.63, 3.8) is 0 Å². The van der Waals surface area contributed by atoms with E-state index in [9.17, 15) is 0 Å². The highest BCUT2D eigenvalue weighted by Crippen LogP contribution is 2.33. The zero-order valence-electron chi connectivity index (χ0n) is 19.1. The first-order valence-electron chi connectivity index (χ1n) is 11.3. The van der Waals surface area contributed by atoms with E-state index >= 15 is 0 Å². The number of hydrogen-bond donors (Lipinski definition) is 0. The Hall–Kier alpha value is -4.85. The van der Waals surface area contributed by atoms with Gasteiger partial charge in [0.2, 0.25) is 11.8 Å². The van der Waals surface area contributed by atoms with Crippen molar-refractivity contribution in [2.24, 2.45) is 20.2 Å². The summed E-state index contributed by atoms with van der Waals surface area (Å²) in [5, 5.41) is 7.42. The molecule has 2 aliphatic rings. The Bertz CT molecular complexity index is 1280. The number of pyridine rings is 1. The summed E-state index contributed by atoms with van der Waals surface area (Å²) in [6, 6.07) is 24.0. The third-order valence-corrected chi connectivity index (χ3v) is 5.85. The first-order chi connectivity index (χ1) is 17.8. The SMILES string of the molecule is [N-]=[N+]=NC[C@@H]1N=C(c2cccc(C3=N[C@@H](CN=[N+]=[N-])[C@H](c4ccccc4)O3)n2)O[C@H]1c1ccccc1. The van der Waals surface area contributed by atoms with Crippen LogP contribution in [0.2, 0.25) is 0 Å². The molecule has 3 heterocycles. The molecule has 0 aliphatic carbocycles. The van der Waals surface area contributed by atoms with Gasteiger partial charge in [0.05, 0.1) is 13.1 Å². The minimum atomic E-state index is -0.395. The molecule has 0 saturated heterocycles. The van der Waals surface area contributed by atoms with Crippen LogP contribution >= 0.6 is 0 Å². The maximum absolute atomic E-state index is 8.81. The van der Waals surface area contributed by atoms with Crippen molar-refractivity contribution in [2.75, 3.05) is 13.1 Å². The molecule has 0 unspecified atom stereocenters. The van der Waals surface area contributed by atoms with Crippen molar-refractivity contribution in [1.82, 2.24) is 4.98 Å². The van der Waals surface area contributed by atoms with Gasteiger partial charge in [0.1, 0.15) is 35.7 Å². The summed E-state index contributed by atoms with van der Waals surface area (Å²) in [4.78, 5) is 19.8. The lowest BCUT2D eigenvalue weighted by atomic mass is 10.0. The van der Waals surface area contributed by atoms with Crippen LogP contribution in [-0.4, -0.2) is 42.0 Å². The monoisotopic (exact) mass is 479 g/mol. The smallest absolute Gasteiger partial charge is 0.236 e.